The van der Waals surface area contributed by atoms with Crippen LogP contribution in [0, 0.1) is 5.82 Å². The molecule has 3 aromatic rings. The highest BCUT2D eigenvalue weighted by molar-refractivity contribution is 7.91. The Hall–Kier alpha value is -2.62. The smallest absolute Gasteiger partial charge is 0.227 e. The largest absolute Gasteiger partial charge is 0.302 e. The lowest BCUT2D eigenvalue weighted by atomic mass is 10.1. The molecule has 1 aliphatic rings. The van der Waals surface area contributed by atoms with Gasteiger partial charge in [-0.1, -0.05) is 30.3 Å². The second-order valence-electron chi connectivity index (χ2n) is 7.41. The highest BCUT2D eigenvalue weighted by Crippen LogP contribution is 2.29. The number of nitrogens with zero attached hydrogens (tertiary/aromatic N) is 2. The van der Waals surface area contributed by atoms with Crippen molar-refractivity contribution >= 4 is 32.2 Å². The number of thiazole rings is 1. The van der Waals surface area contributed by atoms with Crippen LogP contribution in [-0.4, -0.2) is 36.5 Å². The van der Waals surface area contributed by atoms with E-state index in [2.05, 4.69) is 27.3 Å². The van der Waals surface area contributed by atoms with Gasteiger partial charge in [-0.05, 0) is 29.8 Å². The summed E-state index contributed by atoms with van der Waals surface area (Å²) < 4.78 is 37.6. The lowest BCUT2D eigenvalue weighted by molar-refractivity contribution is -0.115. The van der Waals surface area contributed by atoms with Gasteiger partial charge in [-0.3, -0.25) is 9.69 Å². The quantitative estimate of drug-likeness (QED) is 0.546. The summed E-state index contributed by atoms with van der Waals surface area (Å²) in [5, 5.41) is 3.22. The molecule has 9 heteroatoms. The minimum absolute atomic E-state index is 0.00456. The van der Waals surface area contributed by atoms with Gasteiger partial charge in [-0.25, -0.2) is 17.8 Å². The van der Waals surface area contributed by atoms with E-state index in [1.165, 1.54) is 29.0 Å². The number of nitrogens with one attached hydrogen (secondary N) is 1. The number of amides is 1. The van der Waals surface area contributed by atoms with Crippen molar-refractivity contribution in [1.29, 1.82) is 0 Å². The monoisotopic (exact) mass is 459 g/mol. The lowest BCUT2D eigenvalue weighted by Gasteiger charge is -2.25. The van der Waals surface area contributed by atoms with Crippen LogP contribution in [0.2, 0.25) is 0 Å². The van der Waals surface area contributed by atoms with E-state index in [0.29, 0.717) is 5.13 Å². The fraction of sp³-hybridized carbons (Fsp3) is 0.273. The zero-order valence-corrected chi connectivity index (χ0v) is 18.4. The van der Waals surface area contributed by atoms with E-state index in [1.54, 1.807) is 0 Å². The predicted molar refractivity (Wildman–Crippen MR) is 118 cm³/mol. The van der Waals surface area contributed by atoms with E-state index in [9.17, 15) is 17.6 Å². The number of aromatic nitrogens is 1. The molecule has 1 N–H and O–H groups in total. The second kappa shape index (κ2) is 9.25. The minimum atomic E-state index is -3.65. The maximum atomic E-state index is 13.0. The molecule has 31 heavy (non-hydrogen) atoms. The van der Waals surface area contributed by atoms with Crippen LogP contribution in [0.1, 0.15) is 22.6 Å². The van der Waals surface area contributed by atoms with Gasteiger partial charge >= 0.3 is 0 Å². The Balaban J connectivity index is 1.32. The van der Waals surface area contributed by atoms with Crippen LogP contribution in [0.15, 0.2) is 59.5 Å². The molecule has 0 bridgehead atoms. The van der Waals surface area contributed by atoms with E-state index in [0.717, 1.165) is 48.8 Å². The zero-order valence-electron chi connectivity index (χ0n) is 16.8. The second-order valence-corrected chi connectivity index (χ2v) is 10.6. The molecule has 1 aromatic heterocycles. The fourth-order valence-electron chi connectivity index (χ4n) is 3.45. The van der Waals surface area contributed by atoms with Gasteiger partial charge in [-0.2, -0.15) is 0 Å². The number of halogens is 1. The number of carbonyl (C=O) groups excluding carboxylic acids is 1. The molecule has 4 rings (SSSR count). The van der Waals surface area contributed by atoms with Crippen LogP contribution >= 0.6 is 11.3 Å². The summed E-state index contributed by atoms with van der Waals surface area (Å²) in [6.07, 6.45) is 0.623. The molecular weight excluding hydrogens is 437 g/mol. The standard InChI is InChI=1S/C22H22FN3O3S2/c23-17-6-8-18(9-7-17)31(28,29)13-11-21(27)25-22-24-19-10-12-26(15-20(19)30-22)14-16-4-2-1-3-5-16/h1-9H,10-15H2,(H,24,25,27). The average molecular weight is 460 g/mol. The van der Waals surface area contributed by atoms with E-state index < -0.39 is 21.6 Å². The molecule has 2 aromatic carbocycles. The molecule has 0 saturated heterocycles. The summed E-state index contributed by atoms with van der Waals surface area (Å²) in [6, 6.07) is 14.9. The molecule has 0 fully saturated rings. The molecule has 6 nitrogen and oxygen atoms in total. The number of anilines is 1. The average Bonchev–Trinajstić information content (AvgIpc) is 3.15. The first-order valence-corrected chi connectivity index (χ1v) is 12.4. The molecule has 2 heterocycles. The molecular formula is C22H22FN3O3S2. The van der Waals surface area contributed by atoms with Crippen LogP contribution < -0.4 is 5.32 Å². The maximum absolute atomic E-state index is 13.0. The molecule has 1 aliphatic heterocycles. The highest BCUT2D eigenvalue weighted by Gasteiger charge is 2.22. The number of rotatable bonds is 7. The number of hydrogen-bond acceptors (Lipinski definition) is 6. The number of sulfone groups is 1. The summed E-state index contributed by atoms with van der Waals surface area (Å²) in [5.41, 5.74) is 2.25. The Kier molecular flexibility index (Phi) is 6.45. The minimum Gasteiger partial charge on any atom is -0.302 e. The van der Waals surface area contributed by atoms with Crippen molar-refractivity contribution in [2.45, 2.75) is 30.8 Å². The molecule has 1 amide bonds. The molecule has 0 radical (unpaired) electrons. The van der Waals surface area contributed by atoms with Gasteiger partial charge in [0.2, 0.25) is 5.91 Å². The Morgan fingerprint density at radius 2 is 1.87 bits per heavy atom. The van der Waals surface area contributed by atoms with Gasteiger partial charge in [-0.15, -0.1) is 11.3 Å². The van der Waals surface area contributed by atoms with Crippen molar-refractivity contribution in [2.75, 3.05) is 17.6 Å². The third-order valence-corrected chi connectivity index (χ3v) is 7.81. The van der Waals surface area contributed by atoms with Crippen molar-refractivity contribution in [3.8, 4) is 0 Å². The van der Waals surface area contributed by atoms with Crippen molar-refractivity contribution in [1.82, 2.24) is 9.88 Å². The van der Waals surface area contributed by atoms with Gasteiger partial charge in [0.05, 0.1) is 16.3 Å². The van der Waals surface area contributed by atoms with Crippen molar-refractivity contribution in [2.24, 2.45) is 0 Å². The third-order valence-electron chi connectivity index (χ3n) is 5.08. The summed E-state index contributed by atoms with van der Waals surface area (Å²) in [6.45, 7) is 2.53. The normalized spacial score (nSPS) is 14.2. The summed E-state index contributed by atoms with van der Waals surface area (Å²) in [4.78, 5) is 20.3. The molecule has 0 spiro atoms. The van der Waals surface area contributed by atoms with Crippen molar-refractivity contribution in [3.05, 3.63) is 76.5 Å². The first kappa shape index (κ1) is 21.6. The molecule has 0 atom stereocenters. The van der Waals surface area contributed by atoms with Crippen molar-refractivity contribution in [3.63, 3.8) is 0 Å². The third kappa shape index (κ3) is 5.55. The van der Waals surface area contributed by atoms with Gasteiger partial charge in [0, 0.05) is 37.4 Å². The Bertz CT molecular complexity index is 1160. The van der Waals surface area contributed by atoms with E-state index in [1.807, 2.05) is 18.2 Å². The molecule has 162 valence electrons. The topological polar surface area (TPSA) is 79.4 Å². The Labute approximate surface area is 184 Å². The van der Waals surface area contributed by atoms with Gasteiger partial charge in [0.15, 0.2) is 15.0 Å². The number of fused-ring (bicyclic) bond motifs is 1. The summed E-state index contributed by atoms with van der Waals surface area (Å²) in [7, 11) is -3.65. The van der Waals surface area contributed by atoms with Gasteiger partial charge in [0.25, 0.3) is 0 Å². The first-order valence-electron chi connectivity index (χ1n) is 9.92. The van der Waals surface area contributed by atoms with Gasteiger partial charge < -0.3 is 5.32 Å². The SMILES string of the molecule is O=C(CCS(=O)(=O)c1ccc(F)cc1)Nc1nc2c(s1)CN(Cc1ccccc1)CC2. The molecule has 0 aliphatic carbocycles. The summed E-state index contributed by atoms with van der Waals surface area (Å²) in [5.74, 6) is -1.26. The number of carbonyl (C=O) groups is 1. The van der Waals surface area contributed by atoms with Crippen LogP contribution in [0.5, 0.6) is 0 Å². The van der Waals surface area contributed by atoms with Crippen LogP contribution in [-0.2, 0) is 34.1 Å². The Morgan fingerprint density at radius 3 is 2.61 bits per heavy atom. The van der Waals surface area contributed by atoms with E-state index in [4.69, 9.17) is 0 Å². The predicted octanol–water partition coefficient (Wildman–Crippen LogP) is 3.64. The van der Waals surface area contributed by atoms with E-state index in [-0.39, 0.29) is 17.1 Å². The zero-order chi connectivity index (χ0) is 21.8. The lowest BCUT2D eigenvalue weighted by Crippen LogP contribution is -2.29. The Morgan fingerprint density at radius 1 is 1.13 bits per heavy atom. The number of benzene rings is 2. The van der Waals surface area contributed by atoms with E-state index >= 15 is 0 Å². The maximum Gasteiger partial charge on any atom is 0.227 e. The molecule has 0 saturated carbocycles. The van der Waals surface area contributed by atoms with Crippen molar-refractivity contribution < 1.29 is 17.6 Å². The summed E-state index contributed by atoms with van der Waals surface area (Å²) >= 11 is 1.43. The van der Waals surface area contributed by atoms with Crippen LogP contribution in [0.3, 0.4) is 0 Å². The number of hydrogen-bond donors (Lipinski definition) is 1. The first-order chi connectivity index (χ1) is 14.9. The highest BCUT2D eigenvalue weighted by atomic mass is 32.2. The fourth-order valence-corrected chi connectivity index (χ4v) is 5.75. The molecule has 0 unspecified atom stereocenters. The van der Waals surface area contributed by atoms with Gasteiger partial charge in [0.1, 0.15) is 5.82 Å². The van der Waals surface area contributed by atoms with Crippen LogP contribution in [0.4, 0.5) is 9.52 Å². The van der Waals surface area contributed by atoms with Crippen LogP contribution in [0.25, 0.3) is 0 Å².